The SMILES string of the molecule is CCC[Te]CC. The van der Waals surface area contributed by atoms with Gasteiger partial charge in [-0.2, -0.15) is 0 Å². The van der Waals surface area contributed by atoms with E-state index >= 15 is 0 Å². The molecule has 6 heavy (non-hydrogen) atoms. The summed E-state index contributed by atoms with van der Waals surface area (Å²) in [4.78, 5) is 0. The first-order valence-corrected chi connectivity index (χ1v) is 5.79. The van der Waals surface area contributed by atoms with Crippen molar-refractivity contribution in [1.82, 2.24) is 0 Å². The number of hydrogen-bond acceptors (Lipinski definition) is 0. The van der Waals surface area contributed by atoms with Crippen molar-refractivity contribution in [3.05, 3.63) is 0 Å². The summed E-state index contributed by atoms with van der Waals surface area (Å²) in [7, 11) is 0. The second kappa shape index (κ2) is 5.79. The second-order valence-corrected chi connectivity index (χ2v) is 5.18. The number of rotatable bonds is 3. The fourth-order valence-electron chi connectivity index (χ4n) is 0.289. The molecule has 0 bridgehead atoms. The zero-order chi connectivity index (χ0) is 4.83. The molecule has 0 rings (SSSR count). The zero-order valence-electron chi connectivity index (χ0n) is 4.53. The molecule has 0 aliphatic carbocycles. The van der Waals surface area contributed by atoms with Crippen LogP contribution >= 0.6 is 0 Å². The minimum absolute atomic E-state index is 0.485. The van der Waals surface area contributed by atoms with Gasteiger partial charge in [-0.3, -0.25) is 0 Å². The Kier molecular flexibility index (Phi) is 6.55. The molecule has 0 N–H and O–H groups in total. The first kappa shape index (κ1) is 6.79. The Labute approximate surface area is 50.4 Å². The third-order valence-electron chi connectivity index (χ3n) is 0.553. The molecule has 0 aliphatic heterocycles. The Morgan fingerprint density at radius 2 is 2.00 bits per heavy atom. The Morgan fingerprint density at radius 1 is 1.33 bits per heavy atom. The molecule has 38 valence electrons. The van der Waals surface area contributed by atoms with Crippen LogP contribution in [0.1, 0.15) is 20.3 Å². The van der Waals surface area contributed by atoms with E-state index in [-0.39, 0.29) is 0 Å². The van der Waals surface area contributed by atoms with E-state index in [1.807, 2.05) is 0 Å². The van der Waals surface area contributed by atoms with E-state index in [1.54, 1.807) is 4.47 Å². The van der Waals surface area contributed by atoms with Crippen LogP contribution in [0.15, 0.2) is 0 Å². The molecule has 0 aromatic rings. The molecule has 0 radical (unpaired) electrons. The molecule has 0 nitrogen and oxygen atoms in total. The van der Waals surface area contributed by atoms with Crippen molar-refractivity contribution in [3.8, 4) is 0 Å². The predicted molar refractivity (Wildman–Crippen MR) is 31.3 cm³/mol. The summed E-state index contributed by atoms with van der Waals surface area (Å²) in [5.41, 5.74) is 0. The Bertz CT molecular complexity index is 15.9. The van der Waals surface area contributed by atoms with E-state index in [0.29, 0.717) is 20.9 Å². The number of hydrogen-bond donors (Lipinski definition) is 0. The van der Waals surface area contributed by atoms with E-state index in [9.17, 15) is 0 Å². The normalized spacial score (nSPS) is 9.00. The molecule has 0 spiro atoms. The van der Waals surface area contributed by atoms with Crippen molar-refractivity contribution in [2.24, 2.45) is 0 Å². The summed E-state index contributed by atoms with van der Waals surface area (Å²) in [5.74, 6) is 0. The van der Waals surface area contributed by atoms with Gasteiger partial charge in [-0.1, -0.05) is 0 Å². The summed E-state index contributed by atoms with van der Waals surface area (Å²) in [5, 5.41) is 0. The van der Waals surface area contributed by atoms with Gasteiger partial charge in [0.2, 0.25) is 0 Å². The quantitative estimate of drug-likeness (QED) is 0.482. The fourth-order valence-corrected chi connectivity index (χ4v) is 1.94. The first-order valence-electron chi connectivity index (χ1n) is 2.49. The van der Waals surface area contributed by atoms with Gasteiger partial charge in [0, 0.05) is 0 Å². The van der Waals surface area contributed by atoms with Gasteiger partial charge in [0.1, 0.15) is 0 Å². The van der Waals surface area contributed by atoms with Gasteiger partial charge in [0.25, 0.3) is 0 Å². The average molecular weight is 200 g/mol. The maximum absolute atomic E-state index is 2.29. The summed E-state index contributed by atoms with van der Waals surface area (Å²) >= 11 is 0.485. The van der Waals surface area contributed by atoms with Gasteiger partial charge in [-0.05, 0) is 0 Å². The van der Waals surface area contributed by atoms with Gasteiger partial charge in [0.15, 0.2) is 0 Å². The van der Waals surface area contributed by atoms with Crippen LogP contribution in [0.3, 0.4) is 0 Å². The Hall–Kier alpha value is 0.790. The minimum atomic E-state index is 0.485. The zero-order valence-corrected chi connectivity index (χ0v) is 6.86. The predicted octanol–water partition coefficient (Wildman–Crippen LogP) is 1.96. The van der Waals surface area contributed by atoms with Crippen LogP contribution in [0.2, 0.25) is 8.94 Å². The molecule has 0 fully saturated rings. The van der Waals surface area contributed by atoms with Crippen molar-refractivity contribution >= 4 is 20.9 Å². The molecule has 0 aromatic carbocycles. The van der Waals surface area contributed by atoms with Crippen LogP contribution in [0, 0.1) is 0 Å². The Balaban J connectivity index is 2.34. The molecule has 0 saturated carbocycles. The average Bonchev–Trinajstić information content (AvgIpc) is 1.61. The summed E-state index contributed by atoms with van der Waals surface area (Å²) < 4.78 is 3.03. The van der Waals surface area contributed by atoms with Gasteiger partial charge in [-0.25, -0.2) is 0 Å². The molecule has 0 saturated heterocycles. The molecule has 0 heterocycles. The van der Waals surface area contributed by atoms with Gasteiger partial charge < -0.3 is 0 Å². The van der Waals surface area contributed by atoms with Gasteiger partial charge >= 0.3 is 50.1 Å². The van der Waals surface area contributed by atoms with Crippen molar-refractivity contribution in [2.75, 3.05) is 0 Å². The molecule has 0 unspecified atom stereocenters. The fraction of sp³-hybridized carbons (Fsp3) is 1.00. The monoisotopic (exact) mass is 202 g/mol. The summed E-state index contributed by atoms with van der Waals surface area (Å²) in [6.07, 6.45) is 1.41. The topological polar surface area (TPSA) is 0 Å². The van der Waals surface area contributed by atoms with E-state index < -0.39 is 0 Å². The van der Waals surface area contributed by atoms with Crippen molar-refractivity contribution in [2.45, 2.75) is 29.2 Å². The van der Waals surface area contributed by atoms with Crippen LogP contribution in [-0.2, 0) is 0 Å². The van der Waals surface area contributed by atoms with Crippen LogP contribution in [0.4, 0.5) is 0 Å². The summed E-state index contributed by atoms with van der Waals surface area (Å²) in [6.45, 7) is 4.55. The third kappa shape index (κ3) is 4.79. The summed E-state index contributed by atoms with van der Waals surface area (Å²) in [6, 6.07) is 0. The Morgan fingerprint density at radius 3 is 2.17 bits per heavy atom. The van der Waals surface area contributed by atoms with Crippen LogP contribution in [0.25, 0.3) is 0 Å². The van der Waals surface area contributed by atoms with Crippen LogP contribution in [-0.4, -0.2) is 20.9 Å². The van der Waals surface area contributed by atoms with Gasteiger partial charge in [0.05, 0.1) is 0 Å². The molecule has 1 heteroatoms. The van der Waals surface area contributed by atoms with Crippen molar-refractivity contribution < 1.29 is 0 Å². The first-order chi connectivity index (χ1) is 2.91. The van der Waals surface area contributed by atoms with Crippen LogP contribution in [0.5, 0.6) is 0 Å². The molecular formula is C5H12Te. The molecule has 0 aliphatic rings. The van der Waals surface area contributed by atoms with E-state index in [0.717, 1.165) is 0 Å². The molecular weight excluding hydrogens is 188 g/mol. The van der Waals surface area contributed by atoms with Gasteiger partial charge in [-0.15, -0.1) is 0 Å². The van der Waals surface area contributed by atoms with Crippen molar-refractivity contribution in [3.63, 3.8) is 0 Å². The van der Waals surface area contributed by atoms with E-state index in [1.165, 1.54) is 10.9 Å². The third-order valence-corrected chi connectivity index (χ3v) is 3.71. The van der Waals surface area contributed by atoms with Crippen molar-refractivity contribution in [1.29, 1.82) is 0 Å². The van der Waals surface area contributed by atoms with Crippen LogP contribution < -0.4 is 0 Å². The second-order valence-electron chi connectivity index (χ2n) is 1.20. The maximum atomic E-state index is 2.29. The molecule has 0 amide bonds. The van der Waals surface area contributed by atoms with E-state index in [2.05, 4.69) is 13.8 Å². The van der Waals surface area contributed by atoms with E-state index in [4.69, 9.17) is 0 Å². The molecule has 0 atom stereocenters. The standard InChI is InChI=1S/C5H12Te/c1-3-5-6-4-2/h3-5H2,1-2H3. The molecule has 0 aromatic heterocycles.